The van der Waals surface area contributed by atoms with E-state index >= 15 is 0 Å². The monoisotopic (exact) mass is 388 g/mol. The minimum atomic E-state index is -2.07. The number of carbonyl (C=O) groups excluding carboxylic acids is 1. The van der Waals surface area contributed by atoms with E-state index in [-0.39, 0.29) is 13.3 Å². The molecule has 27 heavy (non-hydrogen) atoms. The van der Waals surface area contributed by atoms with Crippen molar-refractivity contribution in [3.63, 3.8) is 0 Å². The van der Waals surface area contributed by atoms with Crippen molar-refractivity contribution in [1.82, 2.24) is 4.90 Å². The fourth-order valence-corrected chi connectivity index (χ4v) is 3.15. The van der Waals surface area contributed by atoms with Crippen LogP contribution < -0.4 is 10.0 Å². The Kier molecular flexibility index (Phi) is 9.84. The lowest BCUT2D eigenvalue weighted by molar-refractivity contribution is -0.974. The Bertz CT molecular complexity index is 560. The number of nitrogens with zero attached hydrogens (tertiary/aromatic N) is 1. The highest BCUT2D eigenvalue weighted by Crippen LogP contribution is 2.17. The Morgan fingerprint density at radius 2 is 1.78 bits per heavy atom. The number of carboxylic acid groups (broad SMARTS) is 2. The van der Waals surface area contributed by atoms with E-state index in [1.54, 1.807) is 0 Å². The summed E-state index contributed by atoms with van der Waals surface area (Å²) in [4.78, 5) is 21.0. The van der Waals surface area contributed by atoms with Crippen LogP contribution in [0.15, 0.2) is 30.3 Å². The maximum absolute atomic E-state index is 12.5. The van der Waals surface area contributed by atoms with Crippen LogP contribution in [-0.2, 0) is 16.0 Å². The van der Waals surface area contributed by atoms with E-state index < -0.39 is 17.8 Å². The molecule has 2 atom stereocenters. The molecule has 1 aromatic carbocycles. The fourth-order valence-electron chi connectivity index (χ4n) is 3.15. The molecule has 0 amide bonds. The summed E-state index contributed by atoms with van der Waals surface area (Å²) < 4.78 is 24.9. The number of alkyl halides is 2. The van der Waals surface area contributed by atoms with Gasteiger partial charge in [-0.2, -0.15) is 0 Å². The number of hydrogen-bond donors (Lipinski definition) is 3. The van der Waals surface area contributed by atoms with Gasteiger partial charge in [0.25, 0.3) is 5.85 Å². The summed E-state index contributed by atoms with van der Waals surface area (Å²) in [5.41, 5.74) is 1.05. The van der Waals surface area contributed by atoms with Gasteiger partial charge in [-0.05, 0) is 12.0 Å². The molecule has 0 aromatic heterocycles. The molecule has 2 unspecified atom stereocenters. The molecule has 1 aliphatic heterocycles. The quantitative estimate of drug-likeness (QED) is 0.474. The Morgan fingerprint density at radius 1 is 1.19 bits per heavy atom. The molecular formula is C18H26F2N2O5. The van der Waals surface area contributed by atoms with E-state index in [4.69, 9.17) is 19.8 Å². The number of quaternary nitrogens is 1. The van der Waals surface area contributed by atoms with Gasteiger partial charge >= 0.3 is 5.97 Å². The number of carbonyl (C=O) groups is 2. The summed E-state index contributed by atoms with van der Waals surface area (Å²) in [6.45, 7) is 1.90. The first-order valence-corrected chi connectivity index (χ1v) is 8.78. The van der Waals surface area contributed by atoms with Gasteiger partial charge in [-0.3, -0.25) is 13.7 Å². The van der Waals surface area contributed by atoms with E-state index in [0.29, 0.717) is 32.4 Å². The zero-order chi connectivity index (χ0) is 20.3. The van der Waals surface area contributed by atoms with E-state index in [2.05, 4.69) is 0 Å². The molecule has 1 saturated heterocycles. The summed E-state index contributed by atoms with van der Waals surface area (Å²) >= 11 is 0. The predicted octanol–water partition coefficient (Wildman–Crippen LogP) is -1.38. The lowest BCUT2D eigenvalue weighted by Crippen LogP contribution is -3.20. The first-order valence-electron chi connectivity index (χ1n) is 8.78. The van der Waals surface area contributed by atoms with Crippen LogP contribution in [-0.4, -0.2) is 72.4 Å². The van der Waals surface area contributed by atoms with Crippen LogP contribution in [0.2, 0.25) is 0 Å². The third-order valence-electron chi connectivity index (χ3n) is 4.41. The molecule has 0 spiro atoms. The number of carboxylic acids is 2. The smallest absolute Gasteiger partial charge is 0.351 e. The van der Waals surface area contributed by atoms with Crippen molar-refractivity contribution in [3.8, 4) is 0 Å². The first kappa shape index (κ1) is 22.9. The standard InChI is InChI=1S/C16H24F2N2O.C2H2O4/c17-8-4-10-19-12-13-20(11-5-9-18)16(19,21)14-15-6-2-1-3-7-15;3-1(4)2(5)6/h1-3,6-7,21H,4-5,8-14H2;(H,3,4)(H,5,6). The largest absolute Gasteiger partial charge is 0.539 e. The SMILES string of the molecule is O=C([O-])C(=O)O.OC1(Cc2ccccc2)N(CCCF)CC[NH+]1CCCF. The number of aliphatic hydroxyl groups is 1. The highest BCUT2D eigenvalue weighted by molar-refractivity contribution is 6.26. The summed E-state index contributed by atoms with van der Waals surface area (Å²) in [5.74, 6) is -5.06. The molecule has 1 heterocycles. The summed E-state index contributed by atoms with van der Waals surface area (Å²) in [6, 6.07) is 9.80. The highest BCUT2D eigenvalue weighted by Gasteiger charge is 2.49. The van der Waals surface area contributed by atoms with Crippen molar-refractivity contribution in [2.24, 2.45) is 0 Å². The third kappa shape index (κ3) is 7.20. The highest BCUT2D eigenvalue weighted by atomic mass is 19.1. The van der Waals surface area contributed by atoms with Crippen LogP contribution in [0.4, 0.5) is 8.78 Å². The molecule has 0 aliphatic carbocycles. The maximum atomic E-state index is 12.5. The molecule has 1 aliphatic rings. The molecule has 1 fully saturated rings. The van der Waals surface area contributed by atoms with Crippen molar-refractivity contribution in [2.45, 2.75) is 25.1 Å². The number of nitrogens with one attached hydrogen (secondary N) is 1. The lowest BCUT2D eigenvalue weighted by atomic mass is 10.1. The van der Waals surface area contributed by atoms with Crippen LogP contribution in [0, 0.1) is 0 Å². The van der Waals surface area contributed by atoms with E-state index in [1.165, 1.54) is 0 Å². The van der Waals surface area contributed by atoms with Crippen molar-refractivity contribution < 1.29 is 38.6 Å². The van der Waals surface area contributed by atoms with Gasteiger partial charge in [0.15, 0.2) is 5.97 Å². The molecule has 0 bridgehead atoms. The van der Waals surface area contributed by atoms with Crippen molar-refractivity contribution in [3.05, 3.63) is 35.9 Å². The van der Waals surface area contributed by atoms with Gasteiger partial charge in [0.05, 0.1) is 39.4 Å². The average molecular weight is 388 g/mol. The second-order valence-corrected chi connectivity index (χ2v) is 6.25. The van der Waals surface area contributed by atoms with Gasteiger partial charge in [-0.25, -0.2) is 9.69 Å². The fraction of sp³-hybridized carbons (Fsp3) is 0.556. The minimum absolute atomic E-state index is 0.366. The average Bonchev–Trinajstić information content (AvgIpc) is 2.94. The summed E-state index contributed by atoms with van der Waals surface area (Å²) in [6.07, 6.45) is 1.36. The van der Waals surface area contributed by atoms with Crippen molar-refractivity contribution in [2.75, 3.05) is 39.5 Å². The number of rotatable bonds is 8. The van der Waals surface area contributed by atoms with Crippen LogP contribution in [0.1, 0.15) is 18.4 Å². The Labute approximate surface area is 156 Å². The number of benzene rings is 1. The lowest BCUT2D eigenvalue weighted by Gasteiger charge is -2.35. The topological polar surface area (TPSA) is 105 Å². The van der Waals surface area contributed by atoms with E-state index in [0.717, 1.165) is 23.6 Å². The molecule has 0 saturated carbocycles. The summed E-state index contributed by atoms with van der Waals surface area (Å²) in [5, 5.41) is 27.5. The van der Waals surface area contributed by atoms with E-state index in [9.17, 15) is 13.9 Å². The molecular weight excluding hydrogens is 362 g/mol. The molecule has 7 nitrogen and oxygen atoms in total. The van der Waals surface area contributed by atoms with Gasteiger partial charge in [0, 0.05) is 13.0 Å². The number of halogens is 2. The van der Waals surface area contributed by atoms with Gasteiger partial charge in [0.2, 0.25) is 0 Å². The molecule has 3 N–H and O–H groups in total. The Balaban J connectivity index is 0.000000527. The number of hydrogen-bond acceptors (Lipinski definition) is 5. The summed E-state index contributed by atoms with van der Waals surface area (Å²) in [7, 11) is 0. The second kappa shape index (κ2) is 11.6. The first-order chi connectivity index (χ1) is 12.8. The van der Waals surface area contributed by atoms with Gasteiger partial charge in [-0.1, -0.05) is 30.3 Å². The van der Waals surface area contributed by atoms with Crippen LogP contribution in [0.25, 0.3) is 0 Å². The van der Waals surface area contributed by atoms with Crippen molar-refractivity contribution >= 4 is 11.9 Å². The van der Waals surface area contributed by atoms with Gasteiger partial charge in [0.1, 0.15) is 0 Å². The van der Waals surface area contributed by atoms with Gasteiger partial charge < -0.3 is 20.1 Å². The third-order valence-corrected chi connectivity index (χ3v) is 4.41. The molecule has 1 aromatic rings. The molecule has 0 radical (unpaired) electrons. The van der Waals surface area contributed by atoms with Gasteiger partial charge in [-0.15, -0.1) is 0 Å². The Hall–Kier alpha value is -2.10. The van der Waals surface area contributed by atoms with E-state index in [1.807, 2.05) is 35.2 Å². The number of aliphatic carboxylic acids is 2. The molecule has 152 valence electrons. The van der Waals surface area contributed by atoms with Crippen LogP contribution in [0.5, 0.6) is 0 Å². The molecule has 9 heteroatoms. The van der Waals surface area contributed by atoms with Crippen LogP contribution in [0.3, 0.4) is 0 Å². The zero-order valence-corrected chi connectivity index (χ0v) is 15.1. The van der Waals surface area contributed by atoms with Crippen molar-refractivity contribution in [1.29, 1.82) is 0 Å². The second-order valence-electron chi connectivity index (χ2n) is 6.25. The normalized spacial score (nSPS) is 22.1. The minimum Gasteiger partial charge on any atom is -0.539 e. The zero-order valence-electron chi connectivity index (χ0n) is 15.1. The van der Waals surface area contributed by atoms with Crippen LogP contribution >= 0.6 is 0 Å². The predicted molar refractivity (Wildman–Crippen MR) is 91.2 cm³/mol. The maximum Gasteiger partial charge on any atom is 0.351 e. The Morgan fingerprint density at radius 3 is 2.30 bits per heavy atom. The molecule has 2 rings (SSSR count).